The molecule has 0 aliphatic carbocycles. The molecule has 2 amide bonds. The van der Waals surface area contributed by atoms with Gasteiger partial charge in [-0.1, -0.05) is 0 Å². The van der Waals surface area contributed by atoms with E-state index in [1.807, 2.05) is 39.0 Å². The van der Waals surface area contributed by atoms with Crippen molar-refractivity contribution in [3.8, 4) is 0 Å². The highest BCUT2D eigenvalue weighted by atomic mass is 16.6. The van der Waals surface area contributed by atoms with E-state index < -0.39 is 5.60 Å². The van der Waals surface area contributed by atoms with E-state index in [-0.39, 0.29) is 6.09 Å². The Kier molecular flexibility index (Phi) is 4.35. The molecule has 1 aliphatic rings. The molecular formula is C15H21N3O3. The molecule has 0 saturated heterocycles. The number of amides is 2. The molecule has 114 valence electrons. The van der Waals surface area contributed by atoms with Gasteiger partial charge in [0.15, 0.2) is 0 Å². The summed E-state index contributed by atoms with van der Waals surface area (Å²) < 4.78 is 5.41. The van der Waals surface area contributed by atoms with Crippen molar-refractivity contribution in [2.75, 3.05) is 23.7 Å². The fourth-order valence-electron chi connectivity index (χ4n) is 2.15. The minimum absolute atomic E-state index is 0.328. The number of anilines is 2. The second-order valence-electron chi connectivity index (χ2n) is 5.96. The first-order valence-electron chi connectivity index (χ1n) is 6.94. The van der Waals surface area contributed by atoms with Crippen LogP contribution in [0.4, 0.5) is 16.2 Å². The highest BCUT2D eigenvalue weighted by Crippen LogP contribution is 2.24. The summed E-state index contributed by atoms with van der Waals surface area (Å²) in [5.41, 5.74) is 2.11. The van der Waals surface area contributed by atoms with Crippen molar-refractivity contribution in [2.24, 2.45) is 0 Å². The zero-order valence-corrected chi connectivity index (χ0v) is 12.6. The maximum absolute atomic E-state index is 12.2. The number of benzene rings is 1. The largest absolute Gasteiger partial charge is 0.444 e. The molecule has 0 spiro atoms. The molecule has 1 heterocycles. The number of carbonyl (C=O) groups excluding carboxylic acids is 2. The quantitative estimate of drug-likeness (QED) is 0.821. The zero-order valence-electron chi connectivity index (χ0n) is 12.6. The van der Waals surface area contributed by atoms with Crippen LogP contribution >= 0.6 is 0 Å². The zero-order chi connectivity index (χ0) is 15.5. The Morgan fingerprint density at radius 2 is 2.19 bits per heavy atom. The Hall–Kier alpha value is -2.24. The van der Waals surface area contributed by atoms with Crippen molar-refractivity contribution in [2.45, 2.75) is 32.9 Å². The number of ether oxygens (including phenoxy) is 1. The number of nitrogens with one attached hydrogen (secondary N) is 2. The normalized spacial score (nSPS) is 14.5. The molecule has 2 N–H and O–H groups in total. The van der Waals surface area contributed by atoms with E-state index in [0.717, 1.165) is 11.3 Å². The van der Waals surface area contributed by atoms with Crippen LogP contribution in [0.25, 0.3) is 0 Å². The SMILES string of the molecule is CC(C)(C)OC(=O)N1CCNc2ccc(NC=O)cc2C1. The van der Waals surface area contributed by atoms with Crippen molar-refractivity contribution >= 4 is 23.9 Å². The molecule has 0 radical (unpaired) electrons. The smallest absolute Gasteiger partial charge is 0.410 e. The van der Waals surface area contributed by atoms with E-state index >= 15 is 0 Å². The molecule has 0 atom stereocenters. The van der Waals surface area contributed by atoms with Gasteiger partial charge in [0, 0.05) is 24.5 Å². The highest BCUT2D eigenvalue weighted by molar-refractivity contribution is 5.74. The molecule has 6 heteroatoms. The van der Waals surface area contributed by atoms with Crippen molar-refractivity contribution in [3.63, 3.8) is 0 Å². The minimum atomic E-state index is -0.513. The summed E-state index contributed by atoms with van der Waals surface area (Å²) in [5.74, 6) is 0. The van der Waals surface area contributed by atoms with Crippen LogP contribution in [0, 0.1) is 0 Å². The molecule has 2 rings (SSSR count). The van der Waals surface area contributed by atoms with E-state index in [0.29, 0.717) is 31.7 Å². The van der Waals surface area contributed by atoms with Crippen LogP contribution in [0.2, 0.25) is 0 Å². The second kappa shape index (κ2) is 6.03. The van der Waals surface area contributed by atoms with Crippen molar-refractivity contribution < 1.29 is 14.3 Å². The maximum Gasteiger partial charge on any atom is 0.410 e. The van der Waals surface area contributed by atoms with Crippen LogP contribution < -0.4 is 10.6 Å². The van der Waals surface area contributed by atoms with Crippen LogP contribution in [-0.4, -0.2) is 36.1 Å². The molecule has 1 aromatic rings. The average molecular weight is 291 g/mol. The number of hydrogen-bond acceptors (Lipinski definition) is 4. The van der Waals surface area contributed by atoms with Crippen LogP contribution in [0.1, 0.15) is 26.3 Å². The van der Waals surface area contributed by atoms with Gasteiger partial charge in [0.05, 0.1) is 6.54 Å². The van der Waals surface area contributed by atoms with Crippen LogP contribution in [-0.2, 0) is 16.1 Å². The highest BCUT2D eigenvalue weighted by Gasteiger charge is 2.24. The minimum Gasteiger partial charge on any atom is -0.444 e. The van der Waals surface area contributed by atoms with Gasteiger partial charge in [0.2, 0.25) is 6.41 Å². The fourth-order valence-corrected chi connectivity index (χ4v) is 2.15. The van der Waals surface area contributed by atoms with E-state index in [4.69, 9.17) is 4.74 Å². The number of nitrogens with zero attached hydrogens (tertiary/aromatic N) is 1. The lowest BCUT2D eigenvalue weighted by Gasteiger charge is -2.26. The molecule has 1 aromatic carbocycles. The number of fused-ring (bicyclic) bond motifs is 1. The molecule has 0 fully saturated rings. The number of carbonyl (C=O) groups is 2. The lowest BCUT2D eigenvalue weighted by molar-refractivity contribution is -0.105. The van der Waals surface area contributed by atoms with Gasteiger partial charge in [0.1, 0.15) is 5.60 Å². The molecular weight excluding hydrogens is 270 g/mol. The first-order chi connectivity index (χ1) is 9.89. The summed E-state index contributed by atoms with van der Waals surface area (Å²) >= 11 is 0. The Morgan fingerprint density at radius 3 is 2.86 bits per heavy atom. The first kappa shape index (κ1) is 15.2. The van der Waals surface area contributed by atoms with Gasteiger partial charge in [0.25, 0.3) is 0 Å². The van der Waals surface area contributed by atoms with Gasteiger partial charge in [-0.3, -0.25) is 4.79 Å². The molecule has 21 heavy (non-hydrogen) atoms. The van der Waals surface area contributed by atoms with Gasteiger partial charge in [-0.25, -0.2) is 4.79 Å². The summed E-state index contributed by atoms with van der Waals surface area (Å²) in [6.07, 6.45) is 0.309. The van der Waals surface area contributed by atoms with Gasteiger partial charge >= 0.3 is 6.09 Å². The number of hydrogen-bond donors (Lipinski definition) is 2. The van der Waals surface area contributed by atoms with Crippen molar-refractivity contribution in [1.82, 2.24) is 4.90 Å². The topological polar surface area (TPSA) is 70.7 Å². The van der Waals surface area contributed by atoms with Crippen LogP contribution in [0.3, 0.4) is 0 Å². The Bertz CT molecular complexity index is 537. The summed E-state index contributed by atoms with van der Waals surface area (Å²) in [5, 5.41) is 5.89. The van der Waals surface area contributed by atoms with Gasteiger partial charge in [-0.2, -0.15) is 0 Å². The number of rotatable bonds is 2. The molecule has 0 bridgehead atoms. The van der Waals surface area contributed by atoms with E-state index in [9.17, 15) is 9.59 Å². The molecule has 0 saturated carbocycles. The van der Waals surface area contributed by atoms with Crippen LogP contribution in [0.15, 0.2) is 18.2 Å². The first-order valence-corrected chi connectivity index (χ1v) is 6.94. The lowest BCUT2D eigenvalue weighted by atomic mass is 10.1. The van der Waals surface area contributed by atoms with E-state index in [2.05, 4.69) is 10.6 Å². The maximum atomic E-state index is 12.2. The third-order valence-electron chi connectivity index (χ3n) is 3.04. The average Bonchev–Trinajstić information content (AvgIpc) is 2.59. The Labute approximate surface area is 124 Å². The summed E-state index contributed by atoms with van der Waals surface area (Å²) in [6, 6.07) is 5.59. The third-order valence-corrected chi connectivity index (χ3v) is 3.04. The third kappa shape index (κ3) is 4.11. The second-order valence-corrected chi connectivity index (χ2v) is 5.96. The van der Waals surface area contributed by atoms with Gasteiger partial charge in [-0.05, 0) is 44.5 Å². The molecule has 6 nitrogen and oxygen atoms in total. The van der Waals surface area contributed by atoms with E-state index in [1.54, 1.807) is 4.90 Å². The summed E-state index contributed by atoms with van der Waals surface area (Å²) in [4.78, 5) is 24.4. The predicted molar refractivity (Wildman–Crippen MR) is 81.3 cm³/mol. The standard InChI is InChI=1S/C15H21N3O3/c1-15(2,3)21-14(20)18-7-6-16-13-5-4-12(17-10-19)8-11(13)9-18/h4-5,8,10,16H,6-7,9H2,1-3H3,(H,17,19). The van der Waals surface area contributed by atoms with Crippen LogP contribution in [0.5, 0.6) is 0 Å². The van der Waals surface area contributed by atoms with Crippen molar-refractivity contribution in [3.05, 3.63) is 23.8 Å². The molecule has 1 aliphatic heterocycles. The molecule has 0 aromatic heterocycles. The Morgan fingerprint density at radius 1 is 1.43 bits per heavy atom. The predicted octanol–water partition coefficient (Wildman–Crippen LogP) is 2.42. The lowest BCUT2D eigenvalue weighted by Crippen LogP contribution is -2.37. The molecule has 0 unspecified atom stereocenters. The summed E-state index contributed by atoms with van der Waals surface area (Å²) in [6.45, 7) is 7.22. The Balaban J connectivity index is 2.17. The van der Waals surface area contributed by atoms with Crippen molar-refractivity contribution in [1.29, 1.82) is 0 Å². The summed E-state index contributed by atoms with van der Waals surface area (Å²) in [7, 11) is 0. The van der Waals surface area contributed by atoms with E-state index in [1.165, 1.54) is 0 Å². The monoisotopic (exact) mass is 291 g/mol. The van der Waals surface area contributed by atoms with Gasteiger partial charge in [-0.15, -0.1) is 0 Å². The fraction of sp³-hybridized carbons (Fsp3) is 0.467. The van der Waals surface area contributed by atoms with Gasteiger partial charge < -0.3 is 20.3 Å².